The highest BCUT2D eigenvalue weighted by Gasteiger charge is 2.31. The zero-order valence-corrected chi connectivity index (χ0v) is 20.4. The number of aliphatic carboxylic acids is 1. The molecule has 1 atom stereocenters. The van der Waals surface area contributed by atoms with Crippen molar-refractivity contribution in [1.82, 2.24) is 30.0 Å². The number of carbonyl (C=O) groups is 1. The number of hydrogen-bond donors (Lipinski definition) is 2. The second kappa shape index (κ2) is 10.3. The van der Waals surface area contributed by atoms with Gasteiger partial charge in [-0.15, -0.1) is 5.10 Å². The SMILES string of the molecule is CCCCCc1c(Cc2ccc(-c3ccccc3-c3nnn[nH]3)cc2)c(=O)n2n1CCCC2C(=O)O. The van der Waals surface area contributed by atoms with Crippen molar-refractivity contribution in [3.63, 3.8) is 0 Å². The van der Waals surface area contributed by atoms with Crippen LogP contribution < -0.4 is 5.56 Å². The molecule has 2 aromatic carbocycles. The Kier molecular flexibility index (Phi) is 6.79. The number of benzene rings is 2. The largest absolute Gasteiger partial charge is 0.480 e. The number of aromatic nitrogens is 6. The molecule has 0 fully saturated rings. The Balaban J connectivity index is 1.48. The second-order valence-corrected chi connectivity index (χ2v) is 9.32. The predicted octanol–water partition coefficient (Wildman–Crippen LogP) is 4.24. The third-order valence-corrected chi connectivity index (χ3v) is 7.00. The lowest BCUT2D eigenvalue weighted by Crippen LogP contribution is -2.36. The van der Waals surface area contributed by atoms with Crippen molar-refractivity contribution >= 4 is 5.97 Å². The van der Waals surface area contributed by atoms with E-state index in [9.17, 15) is 14.7 Å². The van der Waals surface area contributed by atoms with Gasteiger partial charge in [-0.25, -0.2) is 14.6 Å². The van der Waals surface area contributed by atoms with Crippen molar-refractivity contribution in [1.29, 1.82) is 0 Å². The van der Waals surface area contributed by atoms with Crippen LogP contribution in [-0.2, 0) is 24.2 Å². The fraction of sp³-hybridized carbons (Fsp3) is 0.370. The van der Waals surface area contributed by atoms with Crippen LogP contribution >= 0.6 is 0 Å². The van der Waals surface area contributed by atoms with Crippen LogP contribution in [0.2, 0.25) is 0 Å². The van der Waals surface area contributed by atoms with E-state index in [2.05, 4.69) is 27.5 Å². The van der Waals surface area contributed by atoms with Gasteiger partial charge in [0.2, 0.25) is 0 Å². The summed E-state index contributed by atoms with van der Waals surface area (Å²) in [6.07, 6.45) is 5.67. The number of nitrogens with one attached hydrogen (secondary N) is 1. The molecule has 9 heteroatoms. The van der Waals surface area contributed by atoms with E-state index in [-0.39, 0.29) is 5.56 Å². The Hall–Kier alpha value is -4.01. The molecule has 9 nitrogen and oxygen atoms in total. The lowest BCUT2D eigenvalue weighted by atomic mass is 9.96. The lowest BCUT2D eigenvalue weighted by Gasteiger charge is -2.25. The van der Waals surface area contributed by atoms with E-state index in [1.807, 2.05) is 53.2 Å². The first kappa shape index (κ1) is 23.7. The first-order valence-electron chi connectivity index (χ1n) is 12.6. The van der Waals surface area contributed by atoms with Crippen molar-refractivity contribution < 1.29 is 9.90 Å². The molecule has 3 heterocycles. The summed E-state index contributed by atoms with van der Waals surface area (Å²) >= 11 is 0. The first-order valence-corrected chi connectivity index (χ1v) is 12.6. The van der Waals surface area contributed by atoms with E-state index in [1.54, 1.807) is 0 Å². The van der Waals surface area contributed by atoms with Gasteiger partial charge in [-0.05, 0) is 52.8 Å². The molecule has 0 spiro atoms. The van der Waals surface area contributed by atoms with Gasteiger partial charge in [0.25, 0.3) is 5.56 Å². The summed E-state index contributed by atoms with van der Waals surface area (Å²) in [5, 5.41) is 24.0. The predicted molar refractivity (Wildman–Crippen MR) is 136 cm³/mol. The van der Waals surface area contributed by atoms with E-state index in [0.29, 0.717) is 25.2 Å². The molecule has 0 radical (unpaired) electrons. The Labute approximate surface area is 208 Å². The molecule has 0 aliphatic carbocycles. The van der Waals surface area contributed by atoms with Gasteiger partial charge >= 0.3 is 5.97 Å². The normalized spacial score (nSPS) is 15.1. The molecule has 4 aromatic rings. The number of unbranched alkanes of at least 4 members (excludes halogenated alkanes) is 2. The van der Waals surface area contributed by atoms with Gasteiger partial charge in [0.1, 0.15) is 0 Å². The van der Waals surface area contributed by atoms with E-state index < -0.39 is 12.0 Å². The van der Waals surface area contributed by atoms with Crippen LogP contribution in [0.5, 0.6) is 0 Å². The lowest BCUT2D eigenvalue weighted by molar-refractivity contribution is -0.142. The third kappa shape index (κ3) is 4.48. The van der Waals surface area contributed by atoms with Gasteiger partial charge in [0.15, 0.2) is 11.9 Å². The van der Waals surface area contributed by atoms with Crippen molar-refractivity contribution in [3.8, 4) is 22.5 Å². The van der Waals surface area contributed by atoms with Crippen LogP contribution in [-0.4, -0.2) is 41.1 Å². The van der Waals surface area contributed by atoms with Gasteiger partial charge in [0, 0.05) is 29.8 Å². The fourth-order valence-electron chi connectivity index (χ4n) is 5.22. The molecule has 36 heavy (non-hydrogen) atoms. The standard InChI is InChI=1S/C27H30N6O3/c1-2-3-4-10-23-22(26(34)33-24(27(35)36)11-7-16-32(23)33)17-18-12-14-19(15-13-18)20-8-5-6-9-21(20)25-28-30-31-29-25/h5-6,8-9,12-15,24H,2-4,7,10-11,16-17H2,1H3,(H,35,36)(H,28,29,30,31). The molecule has 5 rings (SSSR count). The Bertz CT molecular complexity index is 1400. The van der Waals surface area contributed by atoms with Crippen molar-refractivity contribution in [2.24, 2.45) is 0 Å². The van der Waals surface area contributed by atoms with Crippen molar-refractivity contribution in [2.45, 2.75) is 64.5 Å². The smallest absolute Gasteiger partial charge is 0.328 e. The van der Waals surface area contributed by atoms with E-state index in [1.165, 1.54) is 4.68 Å². The van der Waals surface area contributed by atoms with Crippen LogP contribution in [0.1, 0.15) is 61.9 Å². The average molecular weight is 487 g/mol. The number of rotatable bonds is 9. The molecule has 0 amide bonds. The average Bonchev–Trinajstić information content (AvgIpc) is 3.53. The number of aromatic amines is 1. The number of tetrazole rings is 1. The van der Waals surface area contributed by atoms with Gasteiger partial charge in [0.05, 0.1) is 0 Å². The van der Waals surface area contributed by atoms with Gasteiger partial charge in [-0.2, -0.15) is 0 Å². The summed E-state index contributed by atoms with van der Waals surface area (Å²) in [6.45, 7) is 2.84. The highest BCUT2D eigenvalue weighted by atomic mass is 16.4. The van der Waals surface area contributed by atoms with E-state index in [4.69, 9.17) is 0 Å². The van der Waals surface area contributed by atoms with Gasteiger partial charge in [-0.1, -0.05) is 68.3 Å². The number of carboxylic acid groups (broad SMARTS) is 1. The minimum Gasteiger partial charge on any atom is -0.480 e. The van der Waals surface area contributed by atoms with Gasteiger partial charge < -0.3 is 5.11 Å². The van der Waals surface area contributed by atoms with Crippen LogP contribution in [0.15, 0.2) is 53.3 Å². The topological polar surface area (TPSA) is 119 Å². The summed E-state index contributed by atoms with van der Waals surface area (Å²) < 4.78 is 3.45. The maximum atomic E-state index is 13.5. The number of nitrogens with zero attached hydrogens (tertiary/aromatic N) is 5. The van der Waals surface area contributed by atoms with Crippen LogP contribution in [0.4, 0.5) is 0 Å². The third-order valence-electron chi connectivity index (χ3n) is 7.00. The summed E-state index contributed by atoms with van der Waals surface area (Å²) in [5.74, 6) is -0.334. The first-order chi connectivity index (χ1) is 17.6. The fourth-order valence-corrected chi connectivity index (χ4v) is 5.22. The van der Waals surface area contributed by atoms with Crippen LogP contribution in [0, 0.1) is 0 Å². The Morgan fingerprint density at radius 1 is 1.11 bits per heavy atom. The molecule has 1 aliphatic heterocycles. The minimum atomic E-state index is -0.938. The number of carboxylic acids is 1. The zero-order valence-electron chi connectivity index (χ0n) is 20.4. The molecule has 2 N–H and O–H groups in total. The summed E-state index contributed by atoms with van der Waals surface area (Å²) in [5.41, 5.74) is 5.50. The Morgan fingerprint density at radius 3 is 2.58 bits per heavy atom. The molecule has 0 saturated carbocycles. The molecule has 2 aromatic heterocycles. The van der Waals surface area contributed by atoms with Crippen molar-refractivity contribution in [3.05, 3.63) is 75.7 Å². The van der Waals surface area contributed by atoms with Gasteiger partial charge in [-0.3, -0.25) is 9.48 Å². The Morgan fingerprint density at radius 2 is 1.89 bits per heavy atom. The molecule has 1 unspecified atom stereocenters. The van der Waals surface area contributed by atoms with E-state index in [0.717, 1.165) is 65.6 Å². The quantitative estimate of drug-likeness (QED) is 0.342. The second-order valence-electron chi connectivity index (χ2n) is 9.32. The monoisotopic (exact) mass is 486 g/mol. The molecular weight excluding hydrogens is 456 g/mol. The molecule has 0 bridgehead atoms. The number of H-pyrrole nitrogens is 1. The summed E-state index contributed by atoms with van der Waals surface area (Å²) in [6, 6.07) is 15.3. The molecule has 1 aliphatic rings. The number of hydrogen-bond acceptors (Lipinski definition) is 5. The molecule has 186 valence electrons. The van der Waals surface area contributed by atoms with Crippen molar-refractivity contribution in [2.75, 3.05) is 0 Å². The summed E-state index contributed by atoms with van der Waals surface area (Å²) in [4.78, 5) is 25.4. The van der Waals surface area contributed by atoms with Crippen LogP contribution in [0.25, 0.3) is 22.5 Å². The van der Waals surface area contributed by atoms with E-state index >= 15 is 0 Å². The minimum absolute atomic E-state index is 0.166. The maximum Gasteiger partial charge on any atom is 0.328 e. The maximum absolute atomic E-state index is 13.5. The molecular formula is C27H30N6O3. The molecule has 0 saturated heterocycles. The number of fused-ring (bicyclic) bond motifs is 1. The zero-order chi connectivity index (χ0) is 25.1. The van der Waals surface area contributed by atoms with Crippen LogP contribution in [0.3, 0.4) is 0 Å². The highest BCUT2D eigenvalue weighted by molar-refractivity contribution is 5.80. The summed E-state index contributed by atoms with van der Waals surface area (Å²) in [7, 11) is 0. The highest BCUT2D eigenvalue weighted by Crippen LogP contribution is 2.30.